The van der Waals surface area contributed by atoms with E-state index in [-0.39, 0.29) is 11.3 Å². The monoisotopic (exact) mass is 583 g/mol. The van der Waals surface area contributed by atoms with Gasteiger partial charge in [0, 0.05) is 28.8 Å². The van der Waals surface area contributed by atoms with E-state index in [1.165, 1.54) is 30.7 Å². The first kappa shape index (κ1) is 26.2. The molecule has 0 bridgehead atoms. The lowest BCUT2D eigenvalue weighted by molar-refractivity contribution is 0.102. The quantitative estimate of drug-likeness (QED) is 0.224. The van der Waals surface area contributed by atoms with E-state index in [1.807, 2.05) is 16.9 Å². The molecule has 210 valence electrons. The molecule has 9 nitrogen and oxygen atoms in total. The third kappa shape index (κ3) is 5.31. The molecule has 2 fully saturated rings. The summed E-state index contributed by atoms with van der Waals surface area (Å²) in [5.41, 5.74) is 2.90. The highest BCUT2D eigenvalue weighted by Gasteiger charge is 2.25. The van der Waals surface area contributed by atoms with Crippen LogP contribution in [0.2, 0.25) is 0 Å². The van der Waals surface area contributed by atoms with Crippen molar-refractivity contribution >= 4 is 32.9 Å². The van der Waals surface area contributed by atoms with Gasteiger partial charge in [0.05, 0.1) is 31.2 Å². The Labute approximate surface area is 243 Å². The van der Waals surface area contributed by atoms with E-state index in [9.17, 15) is 13.6 Å². The molecule has 4 aromatic heterocycles. The SMILES string of the molecule is COc1cnc(C(F)F)cc1-c1cc(-c2ccn(C3CC3)n2)ccc1C(=O)Nc1nc2ncc(C#CC3CC3)nc2s1. The molecule has 4 heterocycles. The number of halogens is 2. The number of hydrogen-bond donors (Lipinski definition) is 1. The number of pyridine rings is 1. The summed E-state index contributed by atoms with van der Waals surface area (Å²) in [4.78, 5) is 31.3. The zero-order valence-corrected chi connectivity index (χ0v) is 23.2. The number of carbonyl (C=O) groups is 1. The zero-order valence-electron chi connectivity index (χ0n) is 22.3. The van der Waals surface area contributed by atoms with Gasteiger partial charge in [-0.05, 0) is 61.4 Å². The number of nitrogens with one attached hydrogen (secondary N) is 1. The van der Waals surface area contributed by atoms with Gasteiger partial charge in [-0.1, -0.05) is 23.3 Å². The van der Waals surface area contributed by atoms with Crippen molar-refractivity contribution in [1.82, 2.24) is 29.7 Å². The molecule has 0 aliphatic heterocycles. The van der Waals surface area contributed by atoms with Crippen LogP contribution >= 0.6 is 11.3 Å². The van der Waals surface area contributed by atoms with Crippen LogP contribution in [0.4, 0.5) is 13.9 Å². The Morgan fingerprint density at radius 3 is 2.71 bits per heavy atom. The van der Waals surface area contributed by atoms with Gasteiger partial charge in [-0.25, -0.2) is 18.7 Å². The van der Waals surface area contributed by atoms with Crippen LogP contribution in [-0.2, 0) is 0 Å². The van der Waals surface area contributed by atoms with Gasteiger partial charge in [0.25, 0.3) is 12.3 Å². The van der Waals surface area contributed by atoms with Gasteiger partial charge in [-0.15, -0.1) is 0 Å². The standard InChI is InChI=1S/C30H23F2N7O2S/c1-41-25-15-33-24(26(31)32)13-22(25)21-12-17(23-10-11-39(38-23)19-7-8-19)5-9-20(21)28(40)37-30-36-27-29(42-30)35-18(14-34-27)6-4-16-2-3-16/h5,9-16,19,26H,2-3,7-8H2,1H3,(H,34,36,37,40). The second-order valence-electron chi connectivity index (χ2n) is 10.2. The number of thiazole rings is 1. The number of aromatic nitrogens is 6. The highest BCUT2D eigenvalue weighted by Crippen LogP contribution is 2.39. The molecule has 0 radical (unpaired) electrons. The molecule has 2 aliphatic carbocycles. The summed E-state index contributed by atoms with van der Waals surface area (Å²) in [5, 5.41) is 7.81. The molecule has 1 aromatic carbocycles. The normalized spacial score (nSPS) is 14.6. The molecule has 5 aromatic rings. The van der Waals surface area contributed by atoms with Crippen molar-refractivity contribution in [3.05, 3.63) is 65.9 Å². The van der Waals surface area contributed by atoms with Crippen LogP contribution in [0.15, 0.2) is 48.9 Å². The molecular weight excluding hydrogens is 560 g/mol. The Bertz CT molecular complexity index is 1900. The van der Waals surface area contributed by atoms with E-state index in [0.717, 1.165) is 31.2 Å². The minimum absolute atomic E-state index is 0.237. The Morgan fingerprint density at radius 1 is 1.10 bits per heavy atom. The van der Waals surface area contributed by atoms with Gasteiger partial charge in [0.1, 0.15) is 17.1 Å². The van der Waals surface area contributed by atoms with Gasteiger partial charge >= 0.3 is 0 Å². The number of carbonyl (C=O) groups excluding carboxylic acids is 1. The first-order valence-corrected chi connectivity index (χ1v) is 14.3. The topological polar surface area (TPSA) is 108 Å². The van der Waals surface area contributed by atoms with Gasteiger partial charge in [0.2, 0.25) is 0 Å². The lowest BCUT2D eigenvalue weighted by Crippen LogP contribution is -2.13. The molecular formula is C30H23F2N7O2S. The summed E-state index contributed by atoms with van der Waals surface area (Å²) in [6.07, 6.45) is 6.33. The predicted octanol–water partition coefficient (Wildman–Crippen LogP) is 6.31. The summed E-state index contributed by atoms with van der Waals surface area (Å²) in [6, 6.07) is 8.73. The van der Waals surface area contributed by atoms with Crippen molar-refractivity contribution in [1.29, 1.82) is 0 Å². The molecule has 0 spiro atoms. The number of nitrogens with zero attached hydrogens (tertiary/aromatic N) is 6. The van der Waals surface area contributed by atoms with Crippen molar-refractivity contribution in [2.75, 3.05) is 12.4 Å². The lowest BCUT2D eigenvalue weighted by Gasteiger charge is -2.15. The number of fused-ring (bicyclic) bond motifs is 1. The molecule has 7 rings (SSSR count). The number of anilines is 1. The van der Waals surface area contributed by atoms with Crippen LogP contribution in [0.5, 0.6) is 5.75 Å². The molecule has 0 atom stereocenters. The van der Waals surface area contributed by atoms with E-state index in [4.69, 9.17) is 4.74 Å². The molecule has 2 saturated carbocycles. The first-order chi connectivity index (χ1) is 20.4. The van der Waals surface area contributed by atoms with E-state index in [1.54, 1.807) is 24.4 Å². The molecule has 0 saturated heterocycles. The van der Waals surface area contributed by atoms with Crippen molar-refractivity contribution in [2.45, 2.75) is 38.2 Å². The number of alkyl halides is 2. The predicted molar refractivity (Wildman–Crippen MR) is 153 cm³/mol. The van der Waals surface area contributed by atoms with Crippen LogP contribution in [0.1, 0.15) is 59.9 Å². The molecule has 1 amide bonds. The van der Waals surface area contributed by atoms with Crippen LogP contribution in [0, 0.1) is 17.8 Å². The van der Waals surface area contributed by atoms with Gasteiger partial charge in [-0.2, -0.15) is 10.1 Å². The minimum atomic E-state index is -2.80. The Kier molecular flexibility index (Phi) is 6.59. The zero-order chi connectivity index (χ0) is 28.8. The number of ether oxygens (including phenoxy) is 1. The number of methoxy groups -OCH3 is 1. The van der Waals surface area contributed by atoms with Crippen LogP contribution in [-0.4, -0.2) is 42.7 Å². The molecule has 1 N–H and O–H groups in total. The van der Waals surface area contributed by atoms with E-state index < -0.39 is 18.0 Å². The lowest BCUT2D eigenvalue weighted by atomic mass is 9.95. The van der Waals surface area contributed by atoms with E-state index >= 15 is 0 Å². The fourth-order valence-corrected chi connectivity index (χ4v) is 5.31. The van der Waals surface area contributed by atoms with E-state index in [2.05, 4.69) is 42.2 Å². The van der Waals surface area contributed by atoms with E-state index in [0.29, 0.717) is 50.1 Å². The summed E-state index contributed by atoms with van der Waals surface area (Å²) in [5.74, 6) is 6.41. The summed E-state index contributed by atoms with van der Waals surface area (Å²) >= 11 is 1.18. The number of benzene rings is 1. The molecule has 42 heavy (non-hydrogen) atoms. The number of hydrogen-bond acceptors (Lipinski definition) is 8. The van der Waals surface area contributed by atoms with Crippen LogP contribution in [0.3, 0.4) is 0 Å². The van der Waals surface area contributed by atoms with Crippen molar-refractivity contribution in [3.63, 3.8) is 0 Å². The highest BCUT2D eigenvalue weighted by atomic mass is 32.1. The van der Waals surface area contributed by atoms with Crippen LogP contribution in [0.25, 0.3) is 32.9 Å². The summed E-state index contributed by atoms with van der Waals surface area (Å²) in [7, 11) is 1.42. The van der Waals surface area contributed by atoms with Crippen LogP contribution < -0.4 is 10.1 Å². The maximum atomic E-state index is 13.7. The average molecular weight is 584 g/mol. The molecule has 0 unspecified atom stereocenters. The second-order valence-corrected chi connectivity index (χ2v) is 11.2. The smallest absolute Gasteiger partial charge is 0.280 e. The largest absolute Gasteiger partial charge is 0.494 e. The first-order valence-electron chi connectivity index (χ1n) is 13.4. The van der Waals surface area contributed by atoms with Gasteiger partial charge in [0.15, 0.2) is 15.6 Å². The number of amides is 1. The fraction of sp³-hybridized carbons (Fsp3) is 0.267. The fourth-order valence-electron chi connectivity index (χ4n) is 4.51. The third-order valence-electron chi connectivity index (χ3n) is 7.04. The Balaban J connectivity index is 1.26. The summed E-state index contributed by atoms with van der Waals surface area (Å²) in [6.45, 7) is 0. The highest BCUT2D eigenvalue weighted by molar-refractivity contribution is 7.21. The second kappa shape index (κ2) is 10.6. The van der Waals surface area contributed by atoms with Crippen molar-refractivity contribution < 1.29 is 18.3 Å². The van der Waals surface area contributed by atoms with Gasteiger partial charge < -0.3 is 4.74 Å². The molecule has 12 heteroatoms. The summed E-state index contributed by atoms with van der Waals surface area (Å²) < 4.78 is 34.7. The van der Waals surface area contributed by atoms with Gasteiger partial charge in [-0.3, -0.25) is 19.8 Å². The van der Waals surface area contributed by atoms with Crippen molar-refractivity contribution in [3.8, 4) is 40.0 Å². The number of rotatable bonds is 7. The Morgan fingerprint density at radius 2 is 1.95 bits per heavy atom. The third-order valence-corrected chi connectivity index (χ3v) is 7.89. The maximum Gasteiger partial charge on any atom is 0.280 e. The maximum absolute atomic E-state index is 13.7. The Hall–Kier alpha value is -4.76. The minimum Gasteiger partial charge on any atom is -0.494 e. The molecule has 2 aliphatic rings. The van der Waals surface area contributed by atoms with Crippen molar-refractivity contribution in [2.24, 2.45) is 5.92 Å². The average Bonchev–Trinajstić information content (AvgIpc) is 3.93.